The fourth-order valence-corrected chi connectivity index (χ4v) is 4.70. The molecule has 0 atom stereocenters. The quantitative estimate of drug-likeness (QED) is 0.345. The highest BCUT2D eigenvalue weighted by Gasteiger charge is 2.45. The molecule has 0 nitrogen and oxygen atoms in total. The van der Waals surface area contributed by atoms with E-state index in [-0.39, 0.29) is 5.41 Å². The molecule has 4 aromatic rings. The van der Waals surface area contributed by atoms with Gasteiger partial charge in [-0.3, -0.25) is 0 Å². The van der Waals surface area contributed by atoms with Crippen LogP contribution in [-0.2, 0) is 11.8 Å². The fraction of sp³-hybridized carbons (Fsp3) is 0.111. The summed E-state index contributed by atoms with van der Waals surface area (Å²) in [5.41, 5.74) is 9.22. The molecule has 0 fully saturated rings. The Morgan fingerprint density at radius 2 is 1.00 bits per heavy atom. The van der Waals surface area contributed by atoms with Gasteiger partial charge in [-0.05, 0) is 45.4 Å². The van der Waals surface area contributed by atoms with Crippen LogP contribution in [0.15, 0.2) is 103 Å². The van der Waals surface area contributed by atoms with Crippen molar-refractivity contribution in [1.82, 2.24) is 0 Å². The molecule has 1 aliphatic carbocycles. The molecule has 0 aliphatic heterocycles. The molecule has 27 heavy (non-hydrogen) atoms. The fourth-order valence-electron chi connectivity index (χ4n) is 4.70. The van der Waals surface area contributed by atoms with Gasteiger partial charge >= 0.3 is 0 Å². The molecule has 0 bridgehead atoms. The van der Waals surface area contributed by atoms with Crippen LogP contribution in [0.5, 0.6) is 0 Å². The maximum absolute atomic E-state index is 2.32. The number of benzene rings is 4. The SMILES string of the molecule is CCc1ccc(C2(c3ccccc3)c3ccccc3-c3ccccc32)cc1. The first-order valence-corrected chi connectivity index (χ1v) is 9.70. The Bertz CT molecular complexity index is 1040. The lowest BCUT2D eigenvalue weighted by Crippen LogP contribution is -2.28. The lowest BCUT2D eigenvalue weighted by atomic mass is 9.67. The molecule has 0 saturated carbocycles. The third kappa shape index (κ3) is 2.23. The molecule has 5 rings (SSSR count). The molecule has 4 aromatic carbocycles. The second-order valence-corrected chi connectivity index (χ2v) is 7.26. The van der Waals surface area contributed by atoms with Crippen molar-refractivity contribution in [2.45, 2.75) is 18.8 Å². The second kappa shape index (κ2) is 6.25. The molecular formula is C27H22. The van der Waals surface area contributed by atoms with E-state index in [0.29, 0.717) is 0 Å². The molecule has 0 radical (unpaired) electrons. The van der Waals surface area contributed by atoms with Crippen molar-refractivity contribution in [1.29, 1.82) is 0 Å². The first-order chi connectivity index (χ1) is 13.4. The Balaban J connectivity index is 1.92. The number of fused-ring (bicyclic) bond motifs is 3. The van der Waals surface area contributed by atoms with Crippen LogP contribution in [0, 0.1) is 0 Å². The van der Waals surface area contributed by atoms with E-state index >= 15 is 0 Å². The minimum absolute atomic E-state index is 0.263. The number of hydrogen-bond acceptors (Lipinski definition) is 0. The van der Waals surface area contributed by atoms with E-state index in [4.69, 9.17) is 0 Å². The first kappa shape index (κ1) is 16.1. The third-order valence-corrected chi connectivity index (χ3v) is 5.95. The van der Waals surface area contributed by atoms with Gasteiger partial charge in [0.2, 0.25) is 0 Å². The van der Waals surface area contributed by atoms with Gasteiger partial charge in [-0.2, -0.15) is 0 Å². The topological polar surface area (TPSA) is 0 Å². The normalized spacial score (nSPS) is 13.8. The van der Waals surface area contributed by atoms with Crippen molar-refractivity contribution in [2.24, 2.45) is 0 Å². The van der Waals surface area contributed by atoms with Gasteiger partial charge in [-0.1, -0.05) is 110 Å². The molecule has 1 aliphatic rings. The van der Waals surface area contributed by atoms with Gasteiger partial charge in [0.1, 0.15) is 0 Å². The summed E-state index contributed by atoms with van der Waals surface area (Å²) in [7, 11) is 0. The lowest BCUT2D eigenvalue weighted by Gasteiger charge is -2.34. The van der Waals surface area contributed by atoms with Crippen LogP contribution in [0.2, 0.25) is 0 Å². The predicted molar refractivity (Wildman–Crippen MR) is 113 cm³/mol. The van der Waals surface area contributed by atoms with Gasteiger partial charge in [0, 0.05) is 0 Å². The van der Waals surface area contributed by atoms with Gasteiger partial charge in [-0.15, -0.1) is 0 Å². The van der Waals surface area contributed by atoms with Crippen molar-refractivity contribution in [3.05, 3.63) is 131 Å². The van der Waals surface area contributed by atoms with Crippen LogP contribution >= 0.6 is 0 Å². The van der Waals surface area contributed by atoms with E-state index in [9.17, 15) is 0 Å². The molecule has 130 valence electrons. The summed E-state index contributed by atoms with van der Waals surface area (Å²) in [6.07, 6.45) is 1.06. The van der Waals surface area contributed by atoms with Gasteiger partial charge in [0.05, 0.1) is 5.41 Å². The minimum Gasteiger partial charge on any atom is -0.0622 e. The number of rotatable bonds is 3. The Hall–Kier alpha value is -3.12. The zero-order valence-electron chi connectivity index (χ0n) is 15.5. The predicted octanol–water partition coefficient (Wildman–Crippen LogP) is 6.61. The van der Waals surface area contributed by atoms with Crippen molar-refractivity contribution >= 4 is 0 Å². The van der Waals surface area contributed by atoms with Crippen LogP contribution in [0.25, 0.3) is 11.1 Å². The van der Waals surface area contributed by atoms with Crippen molar-refractivity contribution < 1.29 is 0 Å². The molecule has 0 unspecified atom stereocenters. The van der Waals surface area contributed by atoms with E-state index in [0.717, 1.165) is 6.42 Å². The average Bonchev–Trinajstić information content (AvgIpc) is 3.06. The molecule has 0 heterocycles. The first-order valence-electron chi connectivity index (χ1n) is 9.70. The van der Waals surface area contributed by atoms with Crippen LogP contribution in [0.4, 0.5) is 0 Å². The van der Waals surface area contributed by atoms with Crippen molar-refractivity contribution in [3.63, 3.8) is 0 Å². The van der Waals surface area contributed by atoms with Crippen molar-refractivity contribution in [2.75, 3.05) is 0 Å². The third-order valence-electron chi connectivity index (χ3n) is 5.95. The summed E-state index contributed by atoms with van der Waals surface area (Å²) in [6, 6.07) is 37.9. The highest BCUT2D eigenvalue weighted by atomic mass is 14.5. The Morgan fingerprint density at radius 1 is 0.519 bits per heavy atom. The van der Waals surface area contributed by atoms with E-state index in [1.54, 1.807) is 0 Å². The van der Waals surface area contributed by atoms with Gasteiger partial charge in [0.15, 0.2) is 0 Å². The molecule has 0 heteroatoms. The lowest BCUT2D eigenvalue weighted by molar-refractivity contribution is 0.767. The summed E-state index contributed by atoms with van der Waals surface area (Å²) in [4.78, 5) is 0. The molecule has 0 N–H and O–H groups in total. The van der Waals surface area contributed by atoms with Gasteiger partial charge in [-0.25, -0.2) is 0 Å². The van der Waals surface area contributed by atoms with Crippen LogP contribution in [0.3, 0.4) is 0 Å². The monoisotopic (exact) mass is 346 g/mol. The van der Waals surface area contributed by atoms with E-state index in [2.05, 4.69) is 110 Å². The summed E-state index contributed by atoms with van der Waals surface area (Å²) in [5.74, 6) is 0. The number of aryl methyl sites for hydroxylation is 1. The Labute approximate surface area is 161 Å². The minimum atomic E-state index is -0.263. The van der Waals surface area contributed by atoms with Gasteiger partial charge in [0.25, 0.3) is 0 Å². The van der Waals surface area contributed by atoms with Gasteiger partial charge < -0.3 is 0 Å². The molecular weight excluding hydrogens is 324 g/mol. The largest absolute Gasteiger partial charge is 0.0713 e. The summed E-state index contributed by atoms with van der Waals surface area (Å²) in [6.45, 7) is 2.21. The summed E-state index contributed by atoms with van der Waals surface area (Å²) in [5, 5.41) is 0. The number of hydrogen-bond donors (Lipinski definition) is 0. The highest BCUT2D eigenvalue weighted by molar-refractivity contribution is 5.86. The smallest absolute Gasteiger partial charge is 0.0622 e. The van der Waals surface area contributed by atoms with E-state index in [1.165, 1.54) is 38.9 Å². The molecule has 0 saturated heterocycles. The van der Waals surface area contributed by atoms with E-state index in [1.807, 2.05) is 0 Å². The van der Waals surface area contributed by atoms with Crippen LogP contribution in [0.1, 0.15) is 34.7 Å². The zero-order chi connectivity index (χ0) is 18.3. The Kier molecular flexibility index (Phi) is 3.72. The Morgan fingerprint density at radius 3 is 1.56 bits per heavy atom. The molecule has 0 amide bonds. The summed E-state index contributed by atoms with van der Waals surface area (Å²) < 4.78 is 0. The van der Waals surface area contributed by atoms with Crippen molar-refractivity contribution in [3.8, 4) is 11.1 Å². The summed E-state index contributed by atoms with van der Waals surface area (Å²) >= 11 is 0. The molecule has 0 aromatic heterocycles. The van der Waals surface area contributed by atoms with Crippen LogP contribution < -0.4 is 0 Å². The maximum atomic E-state index is 2.32. The highest BCUT2D eigenvalue weighted by Crippen LogP contribution is 2.55. The van der Waals surface area contributed by atoms with E-state index < -0.39 is 0 Å². The average molecular weight is 346 g/mol. The maximum Gasteiger partial charge on any atom is 0.0713 e. The second-order valence-electron chi connectivity index (χ2n) is 7.26. The standard InChI is InChI=1S/C27H22/c1-2-20-16-18-22(19-17-20)27(21-10-4-3-5-11-21)25-14-8-6-12-23(25)24-13-7-9-15-26(24)27/h3-19H,2H2,1H3. The zero-order valence-corrected chi connectivity index (χ0v) is 15.5. The molecule has 0 spiro atoms. The van der Waals surface area contributed by atoms with Crippen LogP contribution in [-0.4, -0.2) is 0 Å².